The first-order valence-electron chi connectivity index (χ1n) is 19.7. The topological polar surface area (TPSA) is 32.8 Å². The first-order valence-corrected chi connectivity index (χ1v) is 19.7. The molecule has 0 radical (unpaired) electrons. The summed E-state index contributed by atoms with van der Waals surface area (Å²) in [7, 11) is 0. The standard InChI is InChI=1S/C54H34N2O2/c1-3-13-37(14-4-1)55(40-26-30-45-43-17-7-9-20-50(43)57-52(45)33-40)39-25-22-35-23-29-47-42(48(35)32-39)28-24-36-12-11-19-49(54(36)47)56(38-15-5-2-6-16-38)41-27-31-46-44-18-8-10-21-51(44)58-53(46)34-41/h1-34H. The molecular weight excluding hydrogens is 709 g/mol. The average molecular weight is 743 g/mol. The van der Waals surface area contributed by atoms with Crippen LogP contribution in [-0.2, 0) is 0 Å². The van der Waals surface area contributed by atoms with Gasteiger partial charge >= 0.3 is 0 Å². The molecule has 0 N–H and O–H groups in total. The molecule has 0 fully saturated rings. The molecule has 0 atom stereocenters. The number of hydrogen-bond donors (Lipinski definition) is 0. The predicted molar refractivity (Wildman–Crippen MR) is 243 cm³/mol. The molecule has 0 amide bonds. The fourth-order valence-corrected chi connectivity index (χ4v) is 8.95. The summed E-state index contributed by atoms with van der Waals surface area (Å²) in [6, 6.07) is 73.4. The Morgan fingerprint density at radius 2 is 0.741 bits per heavy atom. The number of anilines is 6. The summed E-state index contributed by atoms with van der Waals surface area (Å²) in [5.41, 5.74) is 9.91. The SMILES string of the molecule is c1ccc(N(c2ccc3c(c2)oc2ccccc23)c2ccc3ccc4c(ccc5cccc(N(c6ccccc6)c6ccc7c(c6)oc6ccccc67)c54)c3c2)cc1. The summed E-state index contributed by atoms with van der Waals surface area (Å²) in [5, 5.41) is 11.6. The molecule has 2 heterocycles. The lowest BCUT2D eigenvalue weighted by molar-refractivity contribution is 0.668. The van der Waals surface area contributed by atoms with Crippen molar-refractivity contribution in [2.24, 2.45) is 0 Å². The van der Waals surface area contributed by atoms with Crippen LogP contribution in [0.25, 0.3) is 76.2 Å². The average Bonchev–Trinajstić information content (AvgIpc) is 3.85. The van der Waals surface area contributed by atoms with Crippen LogP contribution in [0, 0.1) is 0 Å². The van der Waals surface area contributed by atoms with Crippen molar-refractivity contribution in [3.8, 4) is 0 Å². The van der Waals surface area contributed by atoms with Crippen LogP contribution >= 0.6 is 0 Å². The molecule has 12 rings (SSSR count). The molecule has 0 spiro atoms. The van der Waals surface area contributed by atoms with Crippen LogP contribution in [0.4, 0.5) is 34.1 Å². The second kappa shape index (κ2) is 12.9. The van der Waals surface area contributed by atoms with Crippen molar-refractivity contribution < 1.29 is 8.83 Å². The van der Waals surface area contributed by atoms with Crippen molar-refractivity contribution in [1.29, 1.82) is 0 Å². The van der Waals surface area contributed by atoms with E-state index in [1.807, 2.05) is 24.3 Å². The lowest BCUT2D eigenvalue weighted by atomic mass is 9.95. The molecule has 0 bridgehead atoms. The van der Waals surface area contributed by atoms with Gasteiger partial charge in [-0.15, -0.1) is 0 Å². The Labute approximate surface area is 334 Å². The fraction of sp³-hybridized carbons (Fsp3) is 0. The number of benzene rings is 10. The van der Waals surface area contributed by atoms with Gasteiger partial charge in [0.05, 0.1) is 5.69 Å². The van der Waals surface area contributed by atoms with E-state index in [0.29, 0.717) is 0 Å². The molecule has 2 aromatic heterocycles. The van der Waals surface area contributed by atoms with Crippen LogP contribution in [-0.4, -0.2) is 0 Å². The molecule has 0 saturated heterocycles. The van der Waals surface area contributed by atoms with Gasteiger partial charge in [-0.3, -0.25) is 0 Å². The van der Waals surface area contributed by atoms with E-state index in [1.165, 1.54) is 32.3 Å². The monoisotopic (exact) mass is 742 g/mol. The summed E-state index contributed by atoms with van der Waals surface area (Å²) in [6.07, 6.45) is 0. The van der Waals surface area contributed by atoms with E-state index in [0.717, 1.165) is 78.0 Å². The van der Waals surface area contributed by atoms with Gasteiger partial charge in [0.15, 0.2) is 0 Å². The van der Waals surface area contributed by atoms with Crippen LogP contribution in [0.15, 0.2) is 215 Å². The number of furan rings is 2. The fourth-order valence-electron chi connectivity index (χ4n) is 8.95. The highest BCUT2D eigenvalue weighted by Gasteiger charge is 2.20. The van der Waals surface area contributed by atoms with E-state index in [1.54, 1.807) is 0 Å². The number of hydrogen-bond acceptors (Lipinski definition) is 4. The van der Waals surface area contributed by atoms with Gasteiger partial charge in [0, 0.05) is 67.5 Å². The predicted octanol–water partition coefficient (Wildman–Crippen LogP) is 15.9. The maximum atomic E-state index is 6.41. The molecule has 0 saturated carbocycles. The van der Waals surface area contributed by atoms with Gasteiger partial charge in [0.25, 0.3) is 0 Å². The summed E-state index contributed by atoms with van der Waals surface area (Å²) < 4.78 is 12.8. The molecule has 10 aromatic carbocycles. The van der Waals surface area contributed by atoms with Crippen molar-refractivity contribution in [2.75, 3.05) is 9.80 Å². The Morgan fingerprint density at radius 1 is 0.259 bits per heavy atom. The second-order valence-corrected chi connectivity index (χ2v) is 14.9. The van der Waals surface area contributed by atoms with Crippen LogP contribution in [0.2, 0.25) is 0 Å². The van der Waals surface area contributed by atoms with E-state index in [9.17, 15) is 0 Å². The van der Waals surface area contributed by atoms with E-state index < -0.39 is 0 Å². The lowest BCUT2D eigenvalue weighted by Gasteiger charge is -2.27. The smallest absolute Gasteiger partial charge is 0.137 e. The quantitative estimate of drug-likeness (QED) is 0.159. The minimum absolute atomic E-state index is 0.866. The van der Waals surface area contributed by atoms with Crippen molar-refractivity contribution in [1.82, 2.24) is 0 Å². The maximum absolute atomic E-state index is 6.41. The third-order valence-electron chi connectivity index (χ3n) is 11.6. The largest absolute Gasteiger partial charge is 0.456 e. The van der Waals surface area contributed by atoms with Crippen LogP contribution < -0.4 is 9.80 Å². The first kappa shape index (κ1) is 32.4. The summed E-state index contributed by atoms with van der Waals surface area (Å²) >= 11 is 0. The van der Waals surface area contributed by atoms with Crippen LogP contribution in [0.5, 0.6) is 0 Å². The van der Waals surface area contributed by atoms with E-state index >= 15 is 0 Å². The first-order chi connectivity index (χ1) is 28.7. The Hall–Kier alpha value is -7.82. The third-order valence-corrected chi connectivity index (χ3v) is 11.6. The van der Waals surface area contributed by atoms with E-state index in [4.69, 9.17) is 8.83 Å². The van der Waals surface area contributed by atoms with Gasteiger partial charge < -0.3 is 18.6 Å². The molecule has 4 nitrogen and oxygen atoms in total. The van der Waals surface area contributed by atoms with Crippen molar-refractivity contribution in [3.63, 3.8) is 0 Å². The Kier molecular flexibility index (Phi) is 7.20. The minimum Gasteiger partial charge on any atom is -0.456 e. The third kappa shape index (κ3) is 5.09. The molecule has 0 aliphatic carbocycles. The van der Waals surface area contributed by atoms with Crippen LogP contribution in [0.3, 0.4) is 0 Å². The number of nitrogens with zero attached hydrogens (tertiary/aromatic N) is 2. The normalized spacial score (nSPS) is 11.8. The Bertz CT molecular complexity index is 3530. The Morgan fingerprint density at radius 3 is 1.41 bits per heavy atom. The maximum Gasteiger partial charge on any atom is 0.137 e. The van der Waals surface area contributed by atoms with Crippen LogP contribution in [0.1, 0.15) is 0 Å². The zero-order valence-electron chi connectivity index (χ0n) is 31.3. The van der Waals surface area contributed by atoms with Crippen molar-refractivity contribution >= 4 is 110 Å². The van der Waals surface area contributed by atoms with Gasteiger partial charge in [-0.2, -0.15) is 0 Å². The summed E-state index contributed by atoms with van der Waals surface area (Å²) in [6.45, 7) is 0. The zero-order valence-corrected chi connectivity index (χ0v) is 31.3. The molecule has 58 heavy (non-hydrogen) atoms. The number of para-hydroxylation sites is 4. The highest BCUT2D eigenvalue weighted by Crippen LogP contribution is 2.45. The van der Waals surface area contributed by atoms with Gasteiger partial charge in [0.2, 0.25) is 0 Å². The van der Waals surface area contributed by atoms with Crippen molar-refractivity contribution in [2.45, 2.75) is 0 Å². The highest BCUT2D eigenvalue weighted by molar-refractivity contribution is 6.22. The molecular formula is C54H34N2O2. The lowest BCUT2D eigenvalue weighted by Crippen LogP contribution is -2.10. The van der Waals surface area contributed by atoms with Gasteiger partial charge in [-0.05, 0) is 106 Å². The van der Waals surface area contributed by atoms with E-state index in [-0.39, 0.29) is 0 Å². The molecule has 272 valence electrons. The zero-order chi connectivity index (χ0) is 38.2. The molecule has 0 unspecified atom stereocenters. The molecule has 12 aromatic rings. The molecule has 0 aliphatic heterocycles. The molecule has 0 aliphatic rings. The summed E-state index contributed by atoms with van der Waals surface area (Å²) in [4.78, 5) is 4.68. The molecule has 4 heteroatoms. The highest BCUT2D eigenvalue weighted by atomic mass is 16.3. The van der Waals surface area contributed by atoms with Gasteiger partial charge in [-0.25, -0.2) is 0 Å². The van der Waals surface area contributed by atoms with Gasteiger partial charge in [-0.1, -0.05) is 115 Å². The number of fused-ring (bicyclic) bond motifs is 11. The van der Waals surface area contributed by atoms with Crippen molar-refractivity contribution in [3.05, 3.63) is 206 Å². The summed E-state index contributed by atoms with van der Waals surface area (Å²) in [5.74, 6) is 0. The minimum atomic E-state index is 0.866. The second-order valence-electron chi connectivity index (χ2n) is 14.9. The Balaban J connectivity index is 1.06. The number of rotatable bonds is 6. The van der Waals surface area contributed by atoms with Gasteiger partial charge in [0.1, 0.15) is 22.3 Å². The van der Waals surface area contributed by atoms with E-state index in [2.05, 4.69) is 192 Å².